The van der Waals surface area contributed by atoms with E-state index in [2.05, 4.69) is 47.0 Å². The predicted octanol–water partition coefficient (Wildman–Crippen LogP) is 2.44. The van der Waals surface area contributed by atoms with Crippen LogP contribution in [0.15, 0.2) is 63.7 Å². The molecule has 1 saturated heterocycles. The molecule has 1 atom stereocenters. The van der Waals surface area contributed by atoms with Crippen molar-refractivity contribution in [1.29, 1.82) is 0 Å². The van der Waals surface area contributed by atoms with Crippen LogP contribution in [0.4, 0.5) is 4.79 Å². The number of tetrazole rings is 1. The van der Waals surface area contributed by atoms with Crippen LogP contribution in [0.3, 0.4) is 0 Å². The van der Waals surface area contributed by atoms with E-state index in [9.17, 15) is 9.59 Å². The Kier molecular flexibility index (Phi) is 4.78. The molecule has 2 aromatic carbocycles. The minimum absolute atomic E-state index is 0.144. The number of benzene rings is 2. The smallest absolute Gasteiger partial charge is 0.325 e. The molecule has 1 N–H and O–H groups in total. The molecular weight excluding hydrogens is 480 g/mol. The molecule has 4 aromatic rings. The highest BCUT2D eigenvalue weighted by Gasteiger charge is 2.49. The van der Waals surface area contributed by atoms with Crippen molar-refractivity contribution < 1.29 is 14.0 Å². The Balaban J connectivity index is 1.40. The van der Waals surface area contributed by atoms with E-state index in [4.69, 9.17) is 4.42 Å². The summed E-state index contributed by atoms with van der Waals surface area (Å²) < 4.78 is 7.96. The molecule has 1 aliphatic heterocycles. The fourth-order valence-electron chi connectivity index (χ4n) is 3.47. The number of carbonyl (C=O) groups excluding carboxylic acids is 2. The molecule has 160 valence electrons. The Morgan fingerprint density at radius 3 is 2.75 bits per heavy atom. The molecule has 1 fully saturated rings. The zero-order valence-electron chi connectivity index (χ0n) is 16.6. The maximum Gasteiger partial charge on any atom is 0.325 e. The fraction of sp³-hybridized carbons (Fsp3) is 0.150. The second kappa shape index (κ2) is 7.64. The number of urea groups is 1. The van der Waals surface area contributed by atoms with Crippen molar-refractivity contribution in [3.8, 4) is 17.1 Å². The summed E-state index contributed by atoms with van der Waals surface area (Å²) >= 11 is 3.44. The SMILES string of the molecule is C[C@@]1(c2cccc(-n3cnnn3)c2)NC(=O)N(Cc2nnc(-c3ccccc3Br)o2)C1=O. The summed E-state index contributed by atoms with van der Waals surface area (Å²) in [5, 5.41) is 21.9. The lowest BCUT2D eigenvalue weighted by atomic mass is 9.91. The first-order chi connectivity index (χ1) is 15.5. The Morgan fingerprint density at radius 2 is 1.97 bits per heavy atom. The lowest BCUT2D eigenvalue weighted by molar-refractivity contribution is -0.131. The van der Waals surface area contributed by atoms with E-state index in [1.54, 1.807) is 31.2 Å². The summed E-state index contributed by atoms with van der Waals surface area (Å²) in [6.45, 7) is 1.50. The molecule has 11 nitrogen and oxygen atoms in total. The highest BCUT2D eigenvalue weighted by atomic mass is 79.9. The monoisotopic (exact) mass is 494 g/mol. The highest BCUT2D eigenvalue weighted by Crippen LogP contribution is 2.31. The number of imide groups is 1. The van der Waals surface area contributed by atoms with Crippen molar-refractivity contribution >= 4 is 27.9 Å². The van der Waals surface area contributed by atoms with Crippen molar-refractivity contribution in [3.05, 3.63) is 70.8 Å². The summed E-state index contributed by atoms with van der Waals surface area (Å²) in [7, 11) is 0. The standard InChI is InChI=1S/C20H15BrN8O3/c1-20(12-5-4-6-13(9-12)29-11-22-26-27-29)18(30)28(19(31)23-20)10-16-24-25-17(32-16)14-7-2-3-8-15(14)21/h2-9,11H,10H2,1H3,(H,23,31)/t20-/m0/s1. The van der Waals surface area contributed by atoms with Crippen molar-refractivity contribution in [1.82, 2.24) is 40.6 Å². The lowest BCUT2D eigenvalue weighted by Crippen LogP contribution is -2.40. The van der Waals surface area contributed by atoms with Gasteiger partial charge in [0.15, 0.2) is 0 Å². The normalized spacial score (nSPS) is 18.2. The minimum atomic E-state index is -1.27. The fourth-order valence-corrected chi connectivity index (χ4v) is 3.93. The van der Waals surface area contributed by atoms with Gasteiger partial charge in [-0.2, -0.15) is 0 Å². The van der Waals surface area contributed by atoms with Gasteiger partial charge in [-0.1, -0.05) is 24.3 Å². The van der Waals surface area contributed by atoms with Gasteiger partial charge >= 0.3 is 6.03 Å². The minimum Gasteiger partial charge on any atom is -0.419 e. The third kappa shape index (κ3) is 3.34. The van der Waals surface area contributed by atoms with Gasteiger partial charge in [0.1, 0.15) is 18.4 Å². The number of hydrogen-bond donors (Lipinski definition) is 1. The van der Waals surface area contributed by atoms with Crippen molar-refractivity contribution in [2.24, 2.45) is 0 Å². The quantitative estimate of drug-likeness (QED) is 0.418. The molecule has 0 radical (unpaired) electrons. The molecule has 5 rings (SSSR count). The molecule has 12 heteroatoms. The zero-order valence-corrected chi connectivity index (χ0v) is 18.2. The largest absolute Gasteiger partial charge is 0.419 e. The Morgan fingerprint density at radius 1 is 1.12 bits per heavy atom. The van der Waals surface area contributed by atoms with Gasteiger partial charge in [-0.3, -0.25) is 9.69 Å². The number of amides is 3. The van der Waals surface area contributed by atoms with E-state index in [-0.39, 0.29) is 18.3 Å². The van der Waals surface area contributed by atoms with Gasteiger partial charge in [0.25, 0.3) is 5.91 Å². The van der Waals surface area contributed by atoms with Gasteiger partial charge in [-0.25, -0.2) is 9.48 Å². The third-order valence-corrected chi connectivity index (χ3v) is 5.87. The van der Waals surface area contributed by atoms with E-state index >= 15 is 0 Å². The number of nitrogens with one attached hydrogen (secondary N) is 1. The van der Waals surface area contributed by atoms with E-state index in [1.807, 2.05) is 24.3 Å². The summed E-state index contributed by atoms with van der Waals surface area (Å²) in [6.07, 6.45) is 1.45. The first-order valence-electron chi connectivity index (χ1n) is 9.51. The van der Waals surface area contributed by atoms with Crippen LogP contribution in [0.1, 0.15) is 18.4 Å². The average molecular weight is 495 g/mol. The van der Waals surface area contributed by atoms with Gasteiger partial charge in [0, 0.05) is 4.47 Å². The number of carbonyl (C=O) groups is 2. The molecule has 2 aromatic heterocycles. The van der Waals surface area contributed by atoms with Crippen molar-refractivity contribution in [3.63, 3.8) is 0 Å². The van der Waals surface area contributed by atoms with Crippen LogP contribution in [0.5, 0.6) is 0 Å². The van der Waals surface area contributed by atoms with Crippen LogP contribution >= 0.6 is 15.9 Å². The summed E-state index contributed by atoms with van der Waals surface area (Å²) in [6, 6.07) is 13.9. The maximum atomic E-state index is 13.3. The van der Waals surface area contributed by atoms with Gasteiger partial charge in [0.05, 0.1) is 11.3 Å². The zero-order chi connectivity index (χ0) is 22.3. The number of hydrogen-bond acceptors (Lipinski definition) is 8. The van der Waals surface area contributed by atoms with Gasteiger partial charge in [-0.05, 0) is 63.1 Å². The van der Waals surface area contributed by atoms with E-state index in [1.165, 1.54) is 11.0 Å². The molecule has 3 heterocycles. The average Bonchev–Trinajstić information content (AvgIpc) is 3.53. The van der Waals surface area contributed by atoms with Crippen molar-refractivity contribution in [2.75, 3.05) is 0 Å². The number of aromatic nitrogens is 6. The molecule has 0 saturated carbocycles. The van der Waals surface area contributed by atoms with E-state index < -0.39 is 17.5 Å². The van der Waals surface area contributed by atoms with Crippen molar-refractivity contribution in [2.45, 2.75) is 19.0 Å². The molecule has 1 aliphatic rings. The number of nitrogens with zero attached hydrogens (tertiary/aromatic N) is 7. The molecule has 32 heavy (non-hydrogen) atoms. The highest BCUT2D eigenvalue weighted by molar-refractivity contribution is 9.10. The molecular formula is C20H15BrN8O3. The summed E-state index contributed by atoms with van der Waals surface area (Å²) in [5.41, 5.74) is 0.689. The number of rotatable bonds is 5. The van der Waals surface area contributed by atoms with Crippen LogP contribution in [0.2, 0.25) is 0 Å². The molecule has 0 unspecified atom stereocenters. The topological polar surface area (TPSA) is 132 Å². The predicted molar refractivity (Wildman–Crippen MR) is 113 cm³/mol. The summed E-state index contributed by atoms with van der Waals surface area (Å²) in [5.74, 6) is -0.000570. The van der Waals surface area contributed by atoms with Crippen LogP contribution in [-0.2, 0) is 16.9 Å². The second-order valence-corrected chi connectivity index (χ2v) is 8.09. The number of halogens is 1. The molecule has 3 amide bonds. The van der Waals surface area contributed by atoms with Crippen LogP contribution in [-0.4, -0.2) is 47.2 Å². The van der Waals surface area contributed by atoms with Gasteiger partial charge in [-0.15, -0.1) is 15.3 Å². The van der Waals surface area contributed by atoms with Crippen LogP contribution in [0.25, 0.3) is 17.1 Å². The van der Waals surface area contributed by atoms with Crippen LogP contribution < -0.4 is 5.32 Å². The summed E-state index contributed by atoms with van der Waals surface area (Å²) in [4.78, 5) is 27.0. The van der Waals surface area contributed by atoms with Gasteiger partial charge < -0.3 is 9.73 Å². The Hall–Kier alpha value is -3.93. The lowest BCUT2D eigenvalue weighted by Gasteiger charge is -2.22. The third-order valence-electron chi connectivity index (χ3n) is 5.18. The van der Waals surface area contributed by atoms with Gasteiger partial charge in [0.2, 0.25) is 11.8 Å². The Bertz CT molecular complexity index is 1320. The molecule has 0 spiro atoms. The Labute approximate surface area is 189 Å². The maximum absolute atomic E-state index is 13.3. The van der Waals surface area contributed by atoms with Crippen LogP contribution in [0, 0.1) is 0 Å². The van der Waals surface area contributed by atoms with E-state index in [0.29, 0.717) is 16.8 Å². The first kappa shape index (κ1) is 20.0. The molecule has 0 bridgehead atoms. The van der Waals surface area contributed by atoms with E-state index in [0.717, 1.165) is 9.37 Å². The second-order valence-electron chi connectivity index (χ2n) is 7.23. The first-order valence-corrected chi connectivity index (χ1v) is 10.3. The molecule has 0 aliphatic carbocycles.